The van der Waals surface area contributed by atoms with Crippen molar-refractivity contribution in [1.82, 2.24) is 20.1 Å². The molecule has 1 heterocycles. The van der Waals surface area contributed by atoms with Gasteiger partial charge in [0, 0.05) is 17.1 Å². The van der Waals surface area contributed by atoms with Gasteiger partial charge >= 0.3 is 0 Å². The van der Waals surface area contributed by atoms with Gasteiger partial charge in [-0.1, -0.05) is 29.4 Å². The highest BCUT2D eigenvalue weighted by atomic mass is 35.5. The number of ether oxygens (including phenoxy) is 2. The Morgan fingerprint density at radius 3 is 2.58 bits per heavy atom. The van der Waals surface area contributed by atoms with Crippen LogP contribution in [0.2, 0.25) is 5.02 Å². The molecule has 0 spiro atoms. The summed E-state index contributed by atoms with van der Waals surface area (Å²) in [4.78, 5) is 25.3. The van der Waals surface area contributed by atoms with E-state index in [4.69, 9.17) is 21.1 Å². The fourth-order valence-electron chi connectivity index (χ4n) is 3.24. The van der Waals surface area contributed by atoms with Crippen LogP contribution >= 0.6 is 23.4 Å². The summed E-state index contributed by atoms with van der Waals surface area (Å²) in [5.41, 5.74) is 0.845. The van der Waals surface area contributed by atoms with Gasteiger partial charge in [-0.2, -0.15) is 0 Å². The first-order valence-corrected chi connectivity index (χ1v) is 12.1. The van der Waals surface area contributed by atoms with Crippen LogP contribution in [0.25, 0.3) is 0 Å². The van der Waals surface area contributed by atoms with E-state index in [0.717, 1.165) is 11.8 Å². The minimum atomic E-state index is -0.828. The third-order valence-corrected chi connectivity index (χ3v) is 6.18. The fraction of sp³-hybridized carbons (Fsp3) is 0.250. The first-order chi connectivity index (χ1) is 17.4. The fourth-order valence-corrected chi connectivity index (χ4v) is 4.16. The van der Waals surface area contributed by atoms with E-state index in [9.17, 15) is 14.7 Å². The van der Waals surface area contributed by atoms with Crippen molar-refractivity contribution in [3.05, 3.63) is 71.5 Å². The highest BCUT2D eigenvalue weighted by molar-refractivity contribution is 7.99. The zero-order valence-corrected chi connectivity index (χ0v) is 21.3. The zero-order chi connectivity index (χ0) is 26.1. The second-order valence-electron chi connectivity index (χ2n) is 7.36. The molecule has 0 bridgehead atoms. The van der Waals surface area contributed by atoms with E-state index in [1.54, 1.807) is 53.1 Å². The molecule has 0 aliphatic carbocycles. The molecule has 0 unspecified atom stereocenters. The molecule has 2 amide bonds. The second-order valence-corrected chi connectivity index (χ2v) is 8.74. The highest BCUT2D eigenvalue weighted by Gasteiger charge is 2.23. The van der Waals surface area contributed by atoms with E-state index < -0.39 is 18.6 Å². The number of carbonyl (C=O) groups excluding carboxylic acids is 2. The Bertz CT molecular complexity index is 1220. The molecule has 1 atom stereocenters. The highest BCUT2D eigenvalue weighted by Crippen LogP contribution is 2.28. The van der Waals surface area contributed by atoms with E-state index in [2.05, 4.69) is 27.4 Å². The van der Waals surface area contributed by atoms with E-state index in [1.165, 1.54) is 14.2 Å². The molecule has 36 heavy (non-hydrogen) atoms. The number of hydrogen-bond donors (Lipinski definition) is 3. The van der Waals surface area contributed by atoms with Crippen LogP contribution in [0, 0.1) is 0 Å². The normalized spacial score (nSPS) is 11.4. The predicted molar refractivity (Wildman–Crippen MR) is 138 cm³/mol. The van der Waals surface area contributed by atoms with Crippen LogP contribution in [0.5, 0.6) is 11.5 Å². The monoisotopic (exact) mass is 531 g/mol. The average molecular weight is 532 g/mol. The molecule has 3 rings (SSSR count). The topological polar surface area (TPSA) is 128 Å². The Kier molecular flexibility index (Phi) is 9.74. The molecule has 0 saturated heterocycles. The van der Waals surface area contributed by atoms with Gasteiger partial charge in [0.05, 0.1) is 32.3 Å². The SMILES string of the molecule is C=CCn1c(SCC(=O)Nc2cc(Cl)ccc2OC)nnc1[C@H](CO)NC(=O)c1ccc(OC)cc1. The number of halogens is 1. The van der Waals surface area contributed by atoms with Crippen molar-refractivity contribution in [3.63, 3.8) is 0 Å². The van der Waals surface area contributed by atoms with Crippen molar-refractivity contribution in [1.29, 1.82) is 0 Å². The summed E-state index contributed by atoms with van der Waals surface area (Å²) in [5, 5.41) is 24.7. The van der Waals surface area contributed by atoms with E-state index >= 15 is 0 Å². The quantitative estimate of drug-likeness (QED) is 0.240. The number of amides is 2. The van der Waals surface area contributed by atoms with Crippen LogP contribution in [0.3, 0.4) is 0 Å². The number of aliphatic hydroxyl groups excluding tert-OH is 1. The number of carbonyl (C=O) groups is 2. The van der Waals surface area contributed by atoms with Gasteiger partial charge in [-0.15, -0.1) is 16.8 Å². The van der Waals surface area contributed by atoms with Crippen molar-refractivity contribution in [2.75, 3.05) is 31.9 Å². The molecular weight excluding hydrogens is 506 g/mol. The van der Waals surface area contributed by atoms with Gasteiger partial charge in [-0.05, 0) is 42.5 Å². The Labute approximate surface area is 217 Å². The molecule has 0 aliphatic rings. The molecule has 2 aromatic carbocycles. The minimum Gasteiger partial charge on any atom is -0.497 e. The van der Waals surface area contributed by atoms with Gasteiger partial charge in [0.15, 0.2) is 11.0 Å². The number of methoxy groups -OCH3 is 2. The van der Waals surface area contributed by atoms with Gasteiger partial charge in [-0.25, -0.2) is 0 Å². The predicted octanol–water partition coefficient (Wildman–Crippen LogP) is 3.33. The number of nitrogens with one attached hydrogen (secondary N) is 2. The molecule has 0 aliphatic heterocycles. The van der Waals surface area contributed by atoms with Gasteiger partial charge in [0.1, 0.15) is 17.5 Å². The summed E-state index contributed by atoms with van der Waals surface area (Å²) in [6.45, 7) is 3.66. The number of hydrogen-bond acceptors (Lipinski definition) is 8. The first kappa shape index (κ1) is 27.1. The Morgan fingerprint density at radius 1 is 1.19 bits per heavy atom. The van der Waals surface area contributed by atoms with Crippen molar-refractivity contribution in [2.24, 2.45) is 0 Å². The molecule has 12 heteroatoms. The van der Waals surface area contributed by atoms with Crippen LogP contribution in [-0.2, 0) is 11.3 Å². The zero-order valence-electron chi connectivity index (χ0n) is 19.7. The van der Waals surface area contributed by atoms with Gasteiger partial charge < -0.3 is 29.8 Å². The number of aromatic nitrogens is 3. The maximum atomic E-state index is 12.7. The summed E-state index contributed by atoms with van der Waals surface area (Å²) >= 11 is 7.17. The van der Waals surface area contributed by atoms with E-state index in [-0.39, 0.29) is 11.7 Å². The summed E-state index contributed by atoms with van der Waals surface area (Å²) in [5.74, 6) is 0.755. The molecule has 3 N–H and O–H groups in total. The molecule has 0 fully saturated rings. The van der Waals surface area contributed by atoms with Crippen LogP contribution in [0.15, 0.2) is 60.3 Å². The third-order valence-electron chi connectivity index (χ3n) is 4.98. The Balaban J connectivity index is 1.71. The number of aliphatic hydroxyl groups is 1. The van der Waals surface area contributed by atoms with E-state index in [0.29, 0.717) is 45.3 Å². The summed E-state index contributed by atoms with van der Waals surface area (Å²) < 4.78 is 12.0. The smallest absolute Gasteiger partial charge is 0.251 e. The Hall–Kier alpha value is -3.54. The maximum Gasteiger partial charge on any atom is 0.251 e. The largest absolute Gasteiger partial charge is 0.497 e. The number of anilines is 1. The lowest BCUT2D eigenvalue weighted by molar-refractivity contribution is -0.113. The van der Waals surface area contributed by atoms with Crippen molar-refractivity contribution >= 4 is 40.9 Å². The number of benzene rings is 2. The van der Waals surface area contributed by atoms with Gasteiger partial charge in [0.25, 0.3) is 5.91 Å². The lowest BCUT2D eigenvalue weighted by Gasteiger charge is -2.17. The summed E-state index contributed by atoms with van der Waals surface area (Å²) in [6.07, 6.45) is 1.63. The molecule has 1 aromatic heterocycles. The molecule has 10 nitrogen and oxygen atoms in total. The molecule has 3 aromatic rings. The average Bonchev–Trinajstić information content (AvgIpc) is 3.28. The lowest BCUT2D eigenvalue weighted by atomic mass is 10.2. The molecule has 190 valence electrons. The van der Waals surface area contributed by atoms with Crippen molar-refractivity contribution in [2.45, 2.75) is 17.7 Å². The number of thioether (sulfide) groups is 1. The van der Waals surface area contributed by atoms with Crippen LogP contribution in [-0.4, -0.2) is 58.3 Å². The summed E-state index contributed by atoms with van der Waals surface area (Å²) in [7, 11) is 3.04. The summed E-state index contributed by atoms with van der Waals surface area (Å²) in [6, 6.07) is 10.7. The standard InChI is InChI=1S/C24H26ClN5O5S/c1-4-11-30-22(19(13-31)27-23(33)15-5-8-17(34-2)9-6-15)28-29-24(30)36-14-21(32)26-18-12-16(25)7-10-20(18)35-3/h4-10,12,19,31H,1,11,13-14H2,2-3H3,(H,26,32)(H,27,33)/t19-/m0/s1. The first-order valence-electron chi connectivity index (χ1n) is 10.8. The van der Waals surface area contributed by atoms with Gasteiger partial charge in [0.2, 0.25) is 5.91 Å². The molecule has 0 saturated carbocycles. The lowest BCUT2D eigenvalue weighted by Crippen LogP contribution is -2.33. The molecule has 0 radical (unpaired) electrons. The van der Waals surface area contributed by atoms with Gasteiger partial charge in [-0.3, -0.25) is 9.59 Å². The van der Waals surface area contributed by atoms with Crippen molar-refractivity contribution < 1.29 is 24.2 Å². The van der Waals surface area contributed by atoms with E-state index in [1.807, 2.05) is 0 Å². The molecular formula is C24H26ClN5O5S. The van der Waals surface area contributed by atoms with Crippen LogP contribution < -0.4 is 20.1 Å². The number of nitrogens with zero attached hydrogens (tertiary/aromatic N) is 3. The third kappa shape index (κ3) is 6.78. The second kappa shape index (κ2) is 13.0. The maximum absolute atomic E-state index is 12.7. The Morgan fingerprint density at radius 2 is 1.94 bits per heavy atom. The van der Waals surface area contributed by atoms with Crippen LogP contribution in [0.4, 0.5) is 5.69 Å². The number of allylic oxidation sites excluding steroid dienone is 1. The minimum absolute atomic E-state index is 0.0208. The van der Waals surface area contributed by atoms with Crippen LogP contribution in [0.1, 0.15) is 22.2 Å². The number of rotatable bonds is 12. The van der Waals surface area contributed by atoms with Crippen molar-refractivity contribution in [3.8, 4) is 11.5 Å².